The maximum Gasteiger partial charge on any atom is 0.334 e. The number of halogens is 1. The van der Waals surface area contributed by atoms with Crippen LogP contribution in [0, 0.1) is 0 Å². The fourth-order valence-corrected chi connectivity index (χ4v) is 1.63. The van der Waals surface area contributed by atoms with E-state index in [9.17, 15) is 9.59 Å². The number of rotatable bonds is 5. The molecule has 0 aliphatic carbocycles. The van der Waals surface area contributed by atoms with Crippen LogP contribution in [0.4, 0.5) is 5.69 Å². The number of nitrogens with zero attached hydrogens (tertiary/aromatic N) is 1. The van der Waals surface area contributed by atoms with Crippen LogP contribution in [0.2, 0.25) is 5.02 Å². The van der Waals surface area contributed by atoms with Crippen LogP contribution in [-0.2, 0) is 14.4 Å². The Hall–Kier alpha value is -2.31. The lowest BCUT2D eigenvalue weighted by molar-refractivity contribution is -0.145. The maximum absolute atomic E-state index is 12.3. The van der Waals surface area contributed by atoms with Gasteiger partial charge in [0, 0.05) is 5.02 Å². The fraction of sp³-hybridized carbons (Fsp3) is 0.143. The van der Waals surface area contributed by atoms with Crippen molar-refractivity contribution >= 4 is 29.2 Å². The molecule has 0 fully saturated rings. The number of benzene rings is 1. The van der Waals surface area contributed by atoms with Gasteiger partial charge < -0.3 is 9.15 Å². The molecule has 2 rings (SSSR count). The Morgan fingerprint density at radius 2 is 1.95 bits per heavy atom. The van der Waals surface area contributed by atoms with Crippen molar-refractivity contribution in [3.8, 4) is 0 Å². The first kappa shape index (κ1) is 15.1. The Morgan fingerprint density at radius 3 is 2.52 bits per heavy atom. The minimum atomic E-state index is -0.610. The monoisotopic (exact) mass is 309 g/mol. The van der Waals surface area contributed by atoms with Gasteiger partial charge in [0.05, 0.1) is 19.1 Å². The minimum Gasteiger partial charge on any atom is -0.467 e. The first-order chi connectivity index (χ1) is 10.1. The third-order valence-corrected chi connectivity index (χ3v) is 2.77. The van der Waals surface area contributed by atoms with Crippen molar-refractivity contribution in [2.24, 2.45) is 0 Å². The summed E-state index contributed by atoms with van der Waals surface area (Å²) in [5.41, 5.74) is 0.407. The number of ether oxygens (including phenoxy) is 1. The quantitative estimate of drug-likeness (QED) is 0.627. The molecule has 0 saturated carbocycles. The largest absolute Gasteiger partial charge is 0.467 e. The summed E-state index contributed by atoms with van der Waals surface area (Å²) in [5, 5.41) is 1.46. The van der Waals surface area contributed by atoms with Crippen molar-refractivity contribution in [1.82, 2.24) is 0 Å². The zero-order chi connectivity index (χ0) is 15.2. The molecule has 6 nitrogen and oxygen atoms in total. The highest BCUT2D eigenvalue weighted by Crippen LogP contribution is 2.20. The summed E-state index contributed by atoms with van der Waals surface area (Å²) in [4.78, 5) is 28.7. The Labute approximate surface area is 125 Å². The molecule has 0 radical (unpaired) electrons. The summed E-state index contributed by atoms with van der Waals surface area (Å²) in [6, 6.07) is 9.43. The summed E-state index contributed by atoms with van der Waals surface area (Å²) in [6.07, 6.45) is 1.37. The lowest BCUT2D eigenvalue weighted by atomic mass is 10.3. The van der Waals surface area contributed by atoms with Crippen LogP contribution < -0.4 is 5.06 Å². The van der Waals surface area contributed by atoms with Crippen LogP contribution >= 0.6 is 11.6 Å². The molecule has 0 unspecified atom stereocenters. The van der Waals surface area contributed by atoms with Crippen molar-refractivity contribution in [2.75, 3.05) is 18.8 Å². The number of furan rings is 1. The molecule has 7 heteroatoms. The normalized spacial score (nSPS) is 10.2. The van der Waals surface area contributed by atoms with Crippen LogP contribution in [0.25, 0.3) is 0 Å². The number of hydroxylamine groups is 1. The molecule has 110 valence electrons. The Bertz CT molecular complexity index is 609. The molecule has 21 heavy (non-hydrogen) atoms. The molecular weight excluding hydrogens is 298 g/mol. The minimum absolute atomic E-state index is 0.0785. The first-order valence-electron chi connectivity index (χ1n) is 5.95. The molecular formula is C14H12ClNO5. The summed E-state index contributed by atoms with van der Waals surface area (Å²) in [6.45, 7) is -0.411. The van der Waals surface area contributed by atoms with Crippen molar-refractivity contribution in [3.63, 3.8) is 0 Å². The number of anilines is 1. The van der Waals surface area contributed by atoms with Crippen LogP contribution in [0.3, 0.4) is 0 Å². The van der Waals surface area contributed by atoms with Crippen LogP contribution in [0.15, 0.2) is 47.1 Å². The second-order valence-electron chi connectivity index (χ2n) is 3.90. The zero-order valence-electron chi connectivity index (χ0n) is 11.1. The molecule has 0 spiro atoms. The topological polar surface area (TPSA) is 69.0 Å². The third kappa shape index (κ3) is 3.84. The molecule has 1 aromatic carbocycles. The van der Waals surface area contributed by atoms with Gasteiger partial charge in [-0.2, -0.15) is 5.06 Å². The number of esters is 1. The molecule has 0 N–H and O–H groups in total. The fourth-order valence-electron chi connectivity index (χ4n) is 1.50. The highest BCUT2D eigenvalue weighted by atomic mass is 35.5. The predicted octanol–water partition coefficient (Wildman–Crippen LogP) is 2.68. The van der Waals surface area contributed by atoms with E-state index in [0.29, 0.717) is 10.7 Å². The van der Waals surface area contributed by atoms with Crippen molar-refractivity contribution < 1.29 is 23.6 Å². The van der Waals surface area contributed by atoms with Gasteiger partial charge in [0.1, 0.15) is 0 Å². The van der Waals surface area contributed by atoms with Gasteiger partial charge >= 0.3 is 11.9 Å². The van der Waals surface area contributed by atoms with Gasteiger partial charge in [-0.1, -0.05) is 11.6 Å². The number of hydrogen-bond acceptors (Lipinski definition) is 5. The van der Waals surface area contributed by atoms with Gasteiger partial charge in [-0.05, 0) is 36.4 Å². The van der Waals surface area contributed by atoms with E-state index in [-0.39, 0.29) is 5.76 Å². The highest BCUT2D eigenvalue weighted by molar-refractivity contribution is 6.30. The molecule has 0 aliphatic rings. The summed E-state index contributed by atoms with van der Waals surface area (Å²) in [7, 11) is 1.23. The molecule has 0 saturated heterocycles. The Morgan fingerprint density at radius 1 is 1.24 bits per heavy atom. The van der Waals surface area contributed by atoms with Crippen molar-refractivity contribution in [2.45, 2.75) is 0 Å². The summed E-state index contributed by atoms with van der Waals surface area (Å²) >= 11 is 5.81. The second-order valence-corrected chi connectivity index (χ2v) is 4.34. The predicted molar refractivity (Wildman–Crippen MR) is 74.9 cm³/mol. The average Bonchev–Trinajstić information content (AvgIpc) is 3.03. The van der Waals surface area contributed by atoms with Crippen LogP contribution in [0.1, 0.15) is 10.6 Å². The second kappa shape index (κ2) is 6.92. The van der Waals surface area contributed by atoms with Crippen LogP contribution in [0.5, 0.6) is 0 Å². The van der Waals surface area contributed by atoms with E-state index >= 15 is 0 Å². The number of amides is 1. The number of methoxy groups -OCH3 is 1. The molecule has 0 aliphatic heterocycles. The lowest BCUT2D eigenvalue weighted by Gasteiger charge is -2.20. The third-order valence-electron chi connectivity index (χ3n) is 2.52. The van der Waals surface area contributed by atoms with E-state index in [0.717, 1.165) is 5.06 Å². The maximum atomic E-state index is 12.3. The van der Waals surface area contributed by atoms with E-state index < -0.39 is 18.5 Å². The van der Waals surface area contributed by atoms with E-state index in [4.69, 9.17) is 20.9 Å². The average molecular weight is 310 g/mol. The Kier molecular flexibility index (Phi) is 4.97. The highest BCUT2D eigenvalue weighted by Gasteiger charge is 2.22. The van der Waals surface area contributed by atoms with E-state index in [2.05, 4.69) is 4.74 Å². The van der Waals surface area contributed by atoms with E-state index in [1.165, 1.54) is 19.4 Å². The molecule has 1 aromatic heterocycles. The van der Waals surface area contributed by atoms with E-state index in [1.807, 2.05) is 0 Å². The van der Waals surface area contributed by atoms with Crippen molar-refractivity contribution in [1.29, 1.82) is 0 Å². The summed E-state index contributed by atoms with van der Waals surface area (Å²) < 4.78 is 9.52. The molecule has 0 atom stereocenters. The van der Waals surface area contributed by atoms with Gasteiger partial charge in [-0.25, -0.2) is 4.79 Å². The van der Waals surface area contributed by atoms with Gasteiger partial charge in [0.2, 0.25) is 0 Å². The standard InChI is InChI=1S/C14H12ClNO5/c1-19-13(17)9-21-16(11-6-4-10(15)5-7-11)14(18)12-3-2-8-20-12/h2-8H,9H2,1H3. The SMILES string of the molecule is COC(=O)CON(C(=O)c1ccco1)c1ccc(Cl)cc1. The first-order valence-corrected chi connectivity index (χ1v) is 6.33. The number of carbonyl (C=O) groups is 2. The van der Waals surface area contributed by atoms with Gasteiger partial charge in [-0.15, -0.1) is 0 Å². The number of hydrogen-bond donors (Lipinski definition) is 0. The molecule has 1 amide bonds. The molecule has 2 aromatic rings. The van der Waals surface area contributed by atoms with E-state index in [1.54, 1.807) is 30.3 Å². The summed E-state index contributed by atoms with van der Waals surface area (Å²) in [5.74, 6) is -1.08. The van der Waals surface area contributed by atoms with Crippen molar-refractivity contribution in [3.05, 3.63) is 53.4 Å². The lowest BCUT2D eigenvalue weighted by Crippen LogP contribution is -2.33. The van der Waals surface area contributed by atoms with Gasteiger partial charge in [-0.3, -0.25) is 9.63 Å². The Balaban J connectivity index is 2.23. The van der Waals surface area contributed by atoms with Gasteiger partial charge in [0.25, 0.3) is 0 Å². The zero-order valence-corrected chi connectivity index (χ0v) is 11.9. The smallest absolute Gasteiger partial charge is 0.334 e. The van der Waals surface area contributed by atoms with Crippen LogP contribution in [-0.4, -0.2) is 25.6 Å². The molecule has 0 bridgehead atoms. The van der Waals surface area contributed by atoms with Gasteiger partial charge in [0.15, 0.2) is 12.4 Å². The molecule has 1 heterocycles. The number of carbonyl (C=O) groups excluding carboxylic acids is 2.